The Morgan fingerprint density at radius 3 is 2.74 bits per heavy atom. The molecule has 5 nitrogen and oxygen atoms in total. The Kier molecular flexibility index (Phi) is 3.93. The lowest BCUT2D eigenvalue weighted by Gasteiger charge is -2.34. The van der Waals surface area contributed by atoms with Crippen molar-refractivity contribution in [2.24, 2.45) is 11.8 Å². The zero-order valence-electron chi connectivity index (χ0n) is 11.2. The lowest BCUT2D eigenvalue weighted by atomic mass is 9.78. The molecule has 1 heterocycles. The molecule has 0 aliphatic heterocycles. The van der Waals surface area contributed by atoms with E-state index in [1.807, 2.05) is 0 Å². The van der Waals surface area contributed by atoms with Gasteiger partial charge in [0.15, 0.2) is 5.76 Å². The van der Waals surface area contributed by atoms with Gasteiger partial charge in [-0.25, -0.2) is 4.79 Å². The van der Waals surface area contributed by atoms with E-state index in [0.717, 1.165) is 19.1 Å². The fourth-order valence-electron chi connectivity index (χ4n) is 2.59. The summed E-state index contributed by atoms with van der Waals surface area (Å²) in [4.78, 5) is 22.7. The number of amides is 1. The third-order valence-corrected chi connectivity index (χ3v) is 4.09. The van der Waals surface area contributed by atoms with E-state index in [0.29, 0.717) is 11.8 Å². The Labute approximate surface area is 112 Å². The van der Waals surface area contributed by atoms with Crippen molar-refractivity contribution in [3.8, 4) is 0 Å². The molecule has 1 fully saturated rings. The van der Waals surface area contributed by atoms with Crippen LogP contribution < -0.4 is 5.32 Å². The molecular weight excluding hydrogens is 246 g/mol. The van der Waals surface area contributed by atoms with E-state index in [9.17, 15) is 9.59 Å². The first-order chi connectivity index (χ1) is 8.99. The molecule has 0 aromatic carbocycles. The molecule has 19 heavy (non-hydrogen) atoms. The largest absolute Gasteiger partial charge is 0.478 e. The van der Waals surface area contributed by atoms with E-state index in [1.165, 1.54) is 12.5 Å². The van der Waals surface area contributed by atoms with Crippen molar-refractivity contribution in [3.63, 3.8) is 0 Å². The molecule has 1 aromatic rings. The minimum absolute atomic E-state index is 0.00443. The first-order valence-electron chi connectivity index (χ1n) is 6.61. The number of hydrogen-bond acceptors (Lipinski definition) is 3. The Morgan fingerprint density at radius 2 is 2.11 bits per heavy atom. The fraction of sp³-hybridized carbons (Fsp3) is 0.571. The average Bonchev–Trinajstić information content (AvgIpc) is 2.84. The zero-order valence-corrected chi connectivity index (χ0v) is 11.2. The zero-order chi connectivity index (χ0) is 14.0. The standard InChI is InChI=1S/C14H19NO4/c1-8-4-3-5-11(9(8)2)15-13(16)12-6-10(7-19-12)14(17)18/h6-9,11H,3-5H2,1-2H3,(H,15,16)(H,17,18). The number of furan rings is 1. The molecule has 0 radical (unpaired) electrons. The lowest BCUT2D eigenvalue weighted by Crippen LogP contribution is -2.43. The van der Waals surface area contributed by atoms with Crippen molar-refractivity contribution < 1.29 is 19.1 Å². The van der Waals surface area contributed by atoms with Crippen molar-refractivity contribution in [2.45, 2.75) is 39.2 Å². The minimum atomic E-state index is -1.09. The summed E-state index contributed by atoms with van der Waals surface area (Å²) in [5, 5.41) is 11.7. The second-order valence-electron chi connectivity index (χ2n) is 5.35. The molecule has 1 aromatic heterocycles. The minimum Gasteiger partial charge on any atom is -0.478 e. The van der Waals surface area contributed by atoms with Crippen LogP contribution in [0.3, 0.4) is 0 Å². The maximum Gasteiger partial charge on any atom is 0.338 e. The third kappa shape index (κ3) is 2.97. The predicted molar refractivity (Wildman–Crippen MR) is 69.1 cm³/mol. The Balaban J connectivity index is 2.01. The molecular formula is C14H19NO4. The van der Waals surface area contributed by atoms with Crippen molar-refractivity contribution in [2.75, 3.05) is 0 Å². The maximum atomic E-state index is 12.0. The molecule has 1 amide bonds. The van der Waals surface area contributed by atoms with Crippen molar-refractivity contribution in [3.05, 3.63) is 23.7 Å². The van der Waals surface area contributed by atoms with Gasteiger partial charge in [-0.05, 0) is 18.3 Å². The van der Waals surface area contributed by atoms with Crippen LogP contribution in [0, 0.1) is 11.8 Å². The van der Waals surface area contributed by atoms with Gasteiger partial charge in [0, 0.05) is 12.1 Å². The normalized spacial score (nSPS) is 26.9. The van der Waals surface area contributed by atoms with E-state index in [2.05, 4.69) is 19.2 Å². The van der Waals surface area contributed by atoms with Gasteiger partial charge < -0.3 is 14.8 Å². The Bertz CT molecular complexity index is 480. The quantitative estimate of drug-likeness (QED) is 0.880. The summed E-state index contributed by atoms with van der Waals surface area (Å²) in [6, 6.07) is 1.39. The van der Waals surface area contributed by atoms with Crippen LogP contribution in [0.15, 0.2) is 16.7 Å². The van der Waals surface area contributed by atoms with Crippen molar-refractivity contribution >= 4 is 11.9 Å². The maximum absolute atomic E-state index is 12.0. The molecule has 3 atom stereocenters. The number of carbonyl (C=O) groups excluding carboxylic acids is 1. The molecule has 0 bridgehead atoms. The van der Waals surface area contributed by atoms with Crippen LogP contribution in [0.1, 0.15) is 54.0 Å². The summed E-state index contributed by atoms with van der Waals surface area (Å²) >= 11 is 0. The molecule has 1 aliphatic rings. The highest BCUT2D eigenvalue weighted by molar-refractivity contribution is 5.95. The molecule has 104 valence electrons. The number of carbonyl (C=O) groups is 2. The molecule has 3 unspecified atom stereocenters. The van der Waals surface area contributed by atoms with Crippen LogP contribution in [0.5, 0.6) is 0 Å². The lowest BCUT2D eigenvalue weighted by molar-refractivity contribution is 0.0695. The second kappa shape index (κ2) is 5.47. The van der Waals surface area contributed by atoms with Gasteiger partial charge in [-0.1, -0.05) is 26.7 Å². The van der Waals surface area contributed by atoms with Gasteiger partial charge in [-0.2, -0.15) is 0 Å². The number of hydrogen-bond donors (Lipinski definition) is 2. The Morgan fingerprint density at radius 1 is 1.37 bits per heavy atom. The van der Waals surface area contributed by atoms with Crippen LogP contribution in [0.4, 0.5) is 0 Å². The fourth-order valence-corrected chi connectivity index (χ4v) is 2.59. The summed E-state index contributed by atoms with van der Waals surface area (Å²) in [7, 11) is 0. The van der Waals surface area contributed by atoms with Gasteiger partial charge in [-0.15, -0.1) is 0 Å². The molecule has 1 saturated carbocycles. The van der Waals surface area contributed by atoms with Gasteiger partial charge >= 0.3 is 5.97 Å². The Hall–Kier alpha value is -1.78. The summed E-state index contributed by atoms with van der Waals surface area (Å²) in [6.45, 7) is 4.33. The number of carboxylic acid groups (broad SMARTS) is 1. The molecule has 2 rings (SSSR count). The van der Waals surface area contributed by atoms with Gasteiger partial charge in [0.25, 0.3) is 5.91 Å². The van der Waals surface area contributed by atoms with E-state index in [1.54, 1.807) is 0 Å². The number of carboxylic acids is 1. The smallest absolute Gasteiger partial charge is 0.338 e. The highest BCUT2D eigenvalue weighted by Crippen LogP contribution is 2.29. The molecule has 5 heteroatoms. The van der Waals surface area contributed by atoms with Crippen molar-refractivity contribution in [1.29, 1.82) is 0 Å². The molecule has 0 spiro atoms. The van der Waals surface area contributed by atoms with Crippen LogP contribution in [0.2, 0.25) is 0 Å². The summed E-state index contributed by atoms with van der Waals surface area (Å²) < 4.78 is 5.00. The SMILES string of the molecule is CC1CCCC(NC(=O)c2cc(C(=O)O)co2)C1C. The van der Waals surface area contributed by atoms with E-state index < -0.39 is 5.97 Å². The monoisotopic (exact) mass is 265 g/mol. The van der Waals surface area contributed by atoms with Gasteiger partial charge in [-0.3, -0.25) is 4.79 Å². The molecule has 0 saturated heterocycles. The summed E-state index contributed by atoms with van der Waals surface area (Å²) in [5.41, 5.74) is -0.00443. The second-order valence-corrected chi connectivity index (χ2v) is 5.35. The predicted octanol–water partition coefficient (Wildman–Crippen LogP) is 2.53. The first-order valence-corrected chi connectivity index (χ1v) is 6.61. The van der Waals surface area contributed by atoms with E-state index in [-0.39, 0.29) is 23.3 Å². The van der Waals surface area contributed by atoms with Gasteiger partial charge in [0.1, 0.15) is 6.26 Å². The first kappa shape index (κ1) is 13.6. The van der Waals surface area contributed by atoms with Gasteiger partial charge in [0.05, 0.1) is 5.56 Å². The number of rotatable bonds is 3. The topological polar surface area (TPSA) is 79.5 Å². The van der Waals surface area contributed by atoms with Crippen LogP contribution in [-0.2, 0) is 0 Å². The van der Waals surface area contributed by atoms with Crippen molar-refractivity contribution in [1.82, 2.24) is 5.32 Å². The van der Waals surface area contributed by atoms with Gasteiger partial charge in [0.2, 0.25) is 0 Å². The van der Waals surface area contributed by atoms with E-state index in [4.69, 9.17) is 9.52 Å². The number of nitrogens with one attached hydrogen (secondary N) is 1. The molecule has 2 N–H and O–H groups in total. The summed E-state index contributed by atoms with van der Waals surface area (Å²) in [5.74, 6) is -0.361. The highest BCUT2D eigenvalue weighted by atomic mass is 16.4. The highest BCUT2D eigenvalue weighted by Gasteiger charge is 2.29. The van der Waals surface area contributed by atoms with Crippen LogP contribution in [-0.4, -0.2) is 23.0 Å². The third-order valence-electron chi connectivity index (χ3n) is 4.09. The number of aromatic carboxylic acids is 1. The van der Waals surface area contributed by atoms with Crippen LogP contribution in [0.25, 0.3) is 0 Å². The summed E-state index contributed by atoms with van der Waals surface area (Å²) in [6.07, 6.45) is 4.35. The average molecular weight is 265 g/mol. The molecule has 1 aliphatic carbocycles. The van der Waals surface area contributed by atoms with E-state index >= 15 is 0 Å². The van der Waals surface area contributed by atoms with Crippen LogP contribution >= 0.6 is 0 Å².